The number of carboxylic acids is 1. The molecule has 0 spiro atoms. The zero-order valence-electron chi connectivity index (χ0n) is 18.6. The van der Waals surface area contributed by atoms with Crippen LogP contribution in [0.15, 0.2) is 18.2 Å². The third-order valence-electron chi connectivity index (χ3n) is 6.11. The summed E-state index contributed by atoms with van der Waals surface area (Å²) in [6.07, 6.45) is 3.45. The summed E-state index contributed by atoms with van der Waals surface area (Å²) >= 11 is 0. The summed E-state index contributed by atoms with van der Waals surface area (Å²) in [6.45, 7) is 7.82. The van der Waals surface area contributed by atoms with Crippen molar-refractivity contribution < 1.29 is 24.2 Å². The van der Waals surface area contributed by atoms with E-state index in [1.807, 2.05) is 13.8 Å². The molecule has 0 aromatic heterocycles. The van der Waals surface area contributed by atoms with Crippen LogP contribution in [0.4, 0.5) is 5.69 Å². The number of carbonyl (C=O) groups excluding carboxylic acids is 2. The SMILES string of the molecule is CCC(C(=O)O)N1CC(=O)N(C(C)C)c2ccc(OCCC3CCNCC3)cc2C1=O. The molecular formula is C23H33N3O5. The number of nitrogens with one attached hydrogen (secondary N) is 1. The predicted molar refractivity (Wildman–Crippen MR) is 118 cm³/mol. The summed E-state index contributed by atoms with van der Waals surface area (Å²) in [6, 6.07) is 3.93. The summed E-state index contributed by atoms with van der Waals surface area (Å²) in [5.41, 5.74) is 0.803. The number of carbonyl (C=O) groups is 3. The Morgan fingerprint density at radius 2 is 1.97 bits per heavy atom. The van der Waals surface area contributed by atoms with Crippen molar-refractivity contribution in [2.24, 2.45) is 5.92 Å². The maximum atomic E-state index is 13.3. The number of rotatable bonds is 8. The summed E-state index contributed by atoms with van der Waals surface area (Å²) < 4.78 is 5.95. The number of carboxylic acid groups (broad SMARTS) is 1. The van der Waals surface area contributed by atoms with Gasteiger partial charge in [-0.25, -0.2) is 4.79 Å². The van der Waals surface area contributed by atoms with E-state index in [9.17, 15) is 19.5 Å². The first-order valence-electron chi connectivity index (χ1n) is 11.2. The zero-order valence-corrected chi connectivity index (χ0v) is 18.6. The van der Waals surface area contributed by atoms with Gasteiger partial charge in [0.25, 0.3) is 5.91 Å². The Hall–Kier alpha value is -2.61. The summed E-state index contributed by atoms with van der Waals surface area (Å²) in [5, 5.41) is 12.9. The minimum Gasteiger partial charge on any atom is -0.494 e. The van der Waals surface area contributed by atoms with Crippen molar-refractivity contribution in [3.8, 4) is 5.75 Å². The Labute approximate surface area is 183 Å². The van der Waals surface area contributed by atoms with Gasteiger partial charge >= 0.3 is 5.97 Å². The van der Waals surface area contributed by atoms with E-state index in [1.165, 1.54) is 4.90 Å². The maximum absolute atomic E-state index is 13.3. The van der Waals surface area contributed by atoms with Crippen LogP contribution in [0.25, 0.3) is 0 Å². The number of benzene rings is 1. The topological polar surface area (TPSA) is 99.2 Å². The molecule has 0 bridgehead atoms. The molecule has 1 unspecified atom stereocenters. The summed E-state index contributed by atoms with van der Waals surface area (Å²) in [5.74, 6) is -0.667. The van der Waals surface area contributed by atoms with Gasteiger partial charge in [0.2, 0.25) is 5.91 Å². The molecule has 2 heterocycles. The Morgan fingerprint density at radius 1 is 1.26 bits per heavy atom. The van der Waals surface area contributed by atoms with Gasteiger partial charge in [0, 0.05) is 6.04 Å². The fraction of sp³-hybridized carbons (Fsp3) is 0.609. The molecule has 0 radical (unpaired) electrons. The number of hydrogen-bond donors (Lipinski definition) is 2. The van der Waals surface area contributed by atoms with Gasteiger partial charge in [-0.15, -0.1) is 0 Å². The highest BCUT2D eigenvalue weighted by atomic mass is 16.5. The van der Waals surface area contributed by atoms with E-state index in [1.54, 1.807) is 30.0 Å². The predicted octanol–water partition coefficient (Wildman–Crippen LogP) is 2.52. The Balaban J connectivity index is 1.86. The van der Waals surface area contributed by atoms with Crippen molar-refractivity contribution in [3.05, 3.63) is 23.8 Å². The van der Waals surface area contributed by atoms with Crippen molar-refractivity contribution in [3.63, 3.8) is 0 Å². The summed E-state index contributed by atoms with van der Waals surface area (Å²) in [7, 11) is 0. The molecule has 0 saturated carbocycles. The van der Waals surface area contributed by atoms with Crippen molar-refractivity contribution in [2.75, 3.05) is 31.1 Å². The van der Waals surface area contributed by atoms with Crippen LogP contribution in [0.2, 0.25) is 0 Å². The van der Waals surface area contributed by atoms with Gasteiger partial charge < -0.3 is 25.0 Å². The molecule has 31 heavy (non-hydrogen) atoms. The van der Waals surface area contributed by atoms with Crippen LogP contribution in [0.5, 0.6) is 5.75 Å². The third-order valence-corrected chi connectivity index (χ3v) is 6.11. The molecule has 8 heteroatoms. The van der Waals surface area contributed by atoms with Crippen LogP contribution in [-0.2, 0) is 9.59 Å². The van der Waals surface area contributed by atoms with Crippen LogP contribution < -0.4 is 15.0 Å². The van der Waals surface area contributed by atoms with E-state index in [4.69, 9.17) is 4.74 Å². The van der Waals surface area contributed by atoms with E-state index in [0.717, 1.165) is 32.4 Å². The van der Waals surface area contributed by atoms with Gasteiger partial charge in [-0.1, -0.05) is 6.92 Å². The lowest BCUT2D eigenvalue weighted by molar-refractivity contribution is -0.142. The van der Waals surface area contributed by atoms with E-state index < -0.39 is 17.9 Å². The van der Waals surface area contributed by atoms with Gasteiger partial charge in [0.05, 0.1) is 17.9 Å². The number of aliphatic carboxylic acids is 1. The number of nitrogens with zero attached hydrogens (tertiary/aromatic N) is 2. The Morgan fingerprint density at radius 3 is 2.58 bits per heavy atom. The van der Waals surface area contributed by atoms with Gasteiger partial charge in [-0.3, -0.25) is 9.59 Å². The van der Waals surface area contributed by atoms with Gasteiger partial charge in [-0.2, -0.15) is 0 Å². The number of ether oxygens (including phenoxy) is 1. The molecule has 2 N–H and O–H groups in total. The van der Waals surface area contributed by atoms with E-state index >= 15 is 0 Å². The lowest BCUT2D eigenvalue weighted by atomic mass is 9.95. The lowest BCUT2D eigenvalue weighted by Crippen LogP contribution is -2.48. The fourth-order valence-corrected chi connectivity index (χ4v) is 4.43. The first-order chi connectivity index (χ1) is 14.8. The molecule has 1 aromatic rings. The quantitative estimate of drug-likeness (QED) is 0.656. The normalized spacial score (nSPS) is 18.7. The largest absolute Gasteiger partial charge is 0.494 e. The minimum absolute atomic E-state index is 0.171. The van der Waals surface area contributed by atoms with Crippen LogP contribution in [0.1, 0.15) is 56.8 Å². The molecule has 3 rings (SSSR count). The standard InChI is InChI=1S/C23H33N3O5/c1-4-19(23(29)30)25-14-21(27)26(15(2)3)20-6-5-17(13-18(20)22(25)28)31-12-9-16-7-10-24-11-8-16/h5-6,13,15-16,19,24H,4,7-12,14H2,1-3H3,(H,29,30). The van der Waals surface area contributed by atoms with Crippen molar-refractivity contribution in [2.45, 2.75) is 58.5 Å². The van der Waals surface area contributed by atoms with E-state index in [2.05, 4.69) is 5.32 Å². The second kappa shape index (κ2) is 10.1. The minimum atomic E-state index is -1.11. The Bertz CT molecular complexity index is 819. The van der Waals surface area contributed by atoms with Crippen LogP contribution in [-0.4, -0.2) is 66.1 Å². The number of hydrogen-bond acceptors (Lipinski definition) is 5. The average Bonchev–Trinajstić information content (AvgIpc) is 2.84. The molecular weight excluding hydrogens is 398 g/mol. The molecule has 2 aliphatic rings. The van der Waals surface area contributed by atoms with Crippen LogP contribution >= 0.6 is 0 Å². The summed E-state index contributed by atoms with van der Waals surface area (Å²) in [4.78, 5) is 40.8. The molecule has 1 saturated heterocycles. The third kappa shape index (κ3) is 5.18. The molecule has 2 amide bonds. The monoisotopic (exact) mass is 431 g/mol. The molecule has 1 fully saturated rings. The Kier molecular flexibility index (Phi) is 7.54. The van der Waals surface area contributed by atoms with Crippen molar-refractivity contribution in [1.82, 2.24) is 10.2 Å². The number of fused-ring (bicyclic) bond motifs is 1. The highest BCUT2D eigenvalue weighted by molar-refractivity contribution is 6.11. The first-order valence-corrected chi connectivity index (χ1v) is 11.2. The maximum Gasteiger partial charge on any atom is 0.326 e. The van der Waals surface area contributed by atoms with Crippen molar-refractivity contribution in [1.29, 1.82) is 0 Å². The average molecular weight is 432 g/mol. The van der Waals surface area contributed by atoms with Crippen molar-refractivity contribution >= 4 is 23.5 Å². The molecule has 170 valence electrons. The van der Waals surface area contributed by atoms with E-state index in [0.29, 0.717) is 29.5 Å². The second-order valence-electron chi connectivity index (χ2n) is 8.56. The van der Waals surface area contributed by atoms with Crippen LogP contribution in [0.3, 0.4) is 0 Å². The first kappa shape index (κ1) is 23.1. The second-order valence-corrected chi connectivity index (χ2v) is 8.56. The lowest BCUT2D eigenvalue weighted by Gasteiger charge is -2.28. The number of amides is 2. The van der Waals surface area contributed by atoms with E-state index in [-0.39, 0.29) is 24.9 Å². The number of piperidine rings is 1. The van der Waals surface area contributed by atoms with Gasteiger partial charge in [-0.05, 0) is 76.7 Å². The number of anilines is 1. The highest BCUT2D eigenvalue weighted by Crippen LogP contribution is 2.32. The fourth-order valence-electron chi connectivity index (χ4n) is 4.43. The molecule has 0 aliphatic carbocycles. The smallest absolute Gasteiger partial charge is 0.326 e. The van der Waals surface area contributed by atoms with Gasteiger partial charge in [0.15, 0.2) is 0 Å². The zero-order chi connectivity index (χ0) is 22.5. The molecule has 2 aliphatic heterocycles. The molecule has 8 nitrogen and oxygen atoms in total. The molecule has 1 atom stereocenters. The molecule has 1 aromatic carbocycles. The highest BCUT2D eigenvalue weighted by Gasteiger charge is 2.38. The van der Waals surface area contributed by atoms with Crippen LogP contribution in [0, 0.1) is 5.92 Å². The van der Waals surface area contributed by atoms with Gasteiger partial charge in [0.1, 0.15) is 18.3 Å².